The molecule has 29 heavy (non-hydrogen) atoms. The van der Waals surface area contributed by atoms with E-state index in [9.17, 15) is 0 Å². The zero-order valence-electron chi connectivity index (χ0n) is 17.4. The van der Waals surface area contributed by atoms with Gasteiger partial charge in [0, 0.05) is 73.3 Å². The maximum absolute atomic E-state index is 6.16. The first-order valence-corrected chi connectivity index (χ1v) is 11.8. The first kappa shape index (κ1) is 19.1. The molecule has 3 nitrogen and oxygen atoms in total. The molecule has 0 aromatic heterocycles. The van der Waals surface area contributed by atoms with Crippen LogP contribution in [0.5, 0.6) is 0 Å². The number of hydrogen-bond acceptors (Lipinski definition) is 3. The van der Waals surface area contributed by atoms with E-state index in [0.717, 1.165) is 11.4 Å². The Morgan fingerprint density at radius 3 is 1.55 bits per heavy atom. The second kappa shape index (κ2) is 8.47. The summed E-state index contributed by atoms with van der Waals surface area (Å²) in [6.07, 6.45) is 8.88. The van der Waals surface area contributed by atoms with Gasteiger partial charge in [-0.25, -0.2) is 0 Å². The average Bonchev–Trinajstić information content (AvgIpc) is 3.52. The van der Waals surface area contributed by atoms with Crippen molar-refractivity contribution in [2.75, 3.05) is 54.0 Å². The molecule has 2 aromatic rings. The van der Waals surface area contributed by atoms with Crippen molar-refractivity contribution in [1.29, 1.82) is 0 Å². The van der Waals surface area contributed by atoms with E-state index < -0.39 is 0 Å². The lowest BCUT2D eigenvalue weighted by atomic mass is 9.98. The van der Waals surface area contributed by atoms with Crippen LogP contribution in [-0.2, 0) is 6.42 Å². The molecule has 2 aromatic carbocycles. The summed E-state index contributed by atoms with van der Waals surface area (Å²) in [5, 5.41) is 0.817. The highest BCUT2D eigenvalue weighted by Gasteiger charge is 2.25. The van der Waals surface area contributed by atoms with Crippen LogP contribution in [0, 0.1) is 0 Å². The summed E-state index contributed by atoms with van der Waals surface area (Å²) in [5.74, 6) is 0. The lowest BCUT2D eigenvalue weighted by molar-refractivity contribution is 0.913. The van der Waals surface area contributed by atoms with Crippen LogP contribution in [-0.4, -0.2) is 39.3 Å². The van der Waals surface area contributed by atoms with Crippen molar-refractivity contribution < 1.29 is 0 Å². The van der Waals surface area contributed by atoms with E-state index in [1.54, 1.807) is 0 Å². The highest BCUT2D eigenvalue weighted by Crippen LogP contribution is 2.40. The zero-order chi connectivity index (χ0) is 19.6. The highest BCUT2D eigenvalue weighted by molar-refractivity contribution is 6.30. The Morgan fingerprint density at radius 2 is 1.07 bits per heavy atom. The van der Waals surface area contributed by atoms with Crippen molar-refractivity contribution in [2.24, 2.45) is 0 Å². The summed E-state index contributed by atoms with van der Waals surface area (Å²) in [4.78, 5) is 7.89. The molecular weight excluding hydrogens is 378 g/mol. The summed E-state index contributed by atoms with van der Waals surface area (Å²) in [6, 6.07) is 13.4. The SMILES string of the molecule is Clc1ccc(Cc2c(N3CCCC3)cc(N3CCCC3)cc2N2CCCC2)cc1. The minimum atomic E-state index is 0.817. The molecule has 0 bridgehead atoms. The second-order valence-electron chi connectivity index (χ2n) is 8.85. The van der Waals surface area contributed by atoms with Crippen LogP contribution < -0.4 is 14.7 Å². The van der Waals surface area contributed by atoms with Gasteiger partial charge in [0.15, 0.2) is 0 Å². The van der Waals surface area contributed by atoms with Crippen molar-refractivity contribution in [1.82, 2.24) is 0 Å². The Bertz CT molecular complexity index is 793. The molecule has 0 amide bonds. The van der Waals surface area contributed by atoms with Gasteiger partial charge in [0.05, 0.1) is 0 Å². The fraction of sp³-hybridized carbons (Fsp3) is 0.520. The second-order valence-corrected chi connectivity index (χ2v) is 9.28. The third kappa shape index (κ3) is 4.07. The summed E-state index contributed by atoms with van der Waals surface area (Å²) in [7, 11) is 0. The van der Waals surface area contributed by atoms with Gasteiger partial charge in [-0.05, 0) is 68.4 Å². The van der Waals surface area contributed by atoms with E-state index >= 15 is 0 Å². The molecule has 4 heteroatoms. The Kier molecular flexibility index (Phi) is 5.59. The lowest BCUT2D eigenvalue weighted by Crippen LogP contribution is -2.26. The standard InChI is InChI=1S/C25H32ClN3/c26-21-9-7-20(8-10-21)17-23-24(28-13-3-4-14-28)18-22(27-11-1-2-12-27)19-25(23)29-15-5-6-16-29/h7-10,18-19H,1-6,11-17H2. The molecule has 3 saturated heterocycles. The van der Waals surface area contributed by atoms with Crippen LogP contribution in [0.3, 0.4) is 0 Å². The fourth-order valence-electron chi connectivity index (χ4n) is 5.25. The monoisotopic (exact) mass is 409 g/mol. The molecule has 0 unspecified atom stereocenters. The van der Waals surface area contributed by atoms with Crippen LogP contribution in [0.4, 0.5) is 17.1 Å². The summed E-state index contributed by atoms with van der Waals surface area (Å²) in [5.41, 5.74) is 7.25. The number of anilines is 3. The third-order valence-corrected chi connectivity index (χ3v) is 7.10. The van der Waals surface area contributed by atoms with Crippen molar-refractivity contribution in [3.63, 3.8) is 0 Å². The molecule has 3 aliphatic heterocycles. The predicted octanol–water partition coefficient (Wildman–Crippen LogP) is 5.73. The van der Waals surface area contributed by atoms with Gasteiger partial charge in [0.1, 0.15) is 0 Å². The molecule has 0 radical (unpaired) electrons. The van der Waals surface area contributed by atoms with Crippen molar-refractivity contribution in [3.8, 4) is 0 Å². The molecule has 5 rings (SSSR count). The van der Waals surface area contributed by atoms with Gasteiger partial charge in [-0.2, -0.15) is 0 Å². The van der Waals surface area contributed by atoms with Crippen LogP contribution in [0.15, 0.2) is 36.4 Å². The minimum absolute atomic E-state index is 0.817. The fourth-order valence-corrected chi connectivity index (χ4v) is 5.38. The van der Waals surface area contributed by atoms with Gasteiger partial charge in [-0.15, -0.1) is 0 Å². The topological polar surface area (TPSA) is 9.72 Å². The Balaban J connectivity index is 1.60. The first-order valence-electron chi connectivity index (χ1n) is 11.4. The predicted molar refractivity (Wildman–Crippen MR) is 125 cm³/mol. The van der Waals surface area contributed by atoms with E-state index in [0.29, 0.717) is 0 Å². The van der Waals surface area contributed by atoms with Crippen LogP contribution in [0.1, 0.15) is 49.7 Å². The van der Waals surface area contributed by atoms with Crippen LogP contribution in [0.2, 0.25) is 5.02 Å². The smallest absolute Gasteiger partial charge is 0.0443 e. The van der Waals surface area contributed by atoms with Crippen molar-refractivity contribution in [3.05, 3.63) is 52.5 Å². The summed E-state index contributed by atoms with van der Waals surface area (Å²) in [6.45, 7) is 7.17. The Labute approximate surface area is 180 Å². The Morgan fingerprint density at radius 1 is 0.621 bits per heavy atom. The van der Waals surface area contributed by atoms with Crippen molar-refractivity contribution in [2.45, 2.75) is 44.9 Å². The maximum Gasteiger partial charge on any atom is 0.0443 e. The summed E-state index contributed by atoms with van der Waals surface area (Å²) >= 11 is 6.16. The molecule has 3 aliphatic rings. The van der Waals surface area contributed by atoms with E-state index in [2.05, 4.69) is 39.0 Å². The van der Waals surface area contributed by atoms with E-state index in [1.807, 2.05) is 12.1 Å². The van der Waals surface area contributed by atoms with Crippen molar-refractivity contribution >= 4 is 28.7 Å². The Hall–Kier alpha value is -1.87. The normalized spacial score (nSPS) is 19.6. The van der Waals surface area contributed by atoms with Gasteiger partial charge in [-0.1, -0.05) is 23.7 Å². The molecule has 3 fully saturated rings. The zero-order valence-corrected chi connectivity index (χ0v) is 18.1. The molecule has 0 saturated carbocycles. The summed E-state index contributed by atoms with van der Waals surface area (Å²) < 4.78 is 0. The van der Waals surface area contributed by atoms with Gasteiger partial charge in [0.2, 0.25) is 0 Å². The number of nitrogens with zero attached hydrogens (tertiary/aromatic N) is 3. The molecule has 3 heterocycles. The van der Waals surface area contributed by atoms with E-state index in [4.69, 9.17) is 11.6 Å². The van der Waals surface area contributed by atoms with Crippen LogP contribution in [0.25, 0.3) is 0 Å². The van der Waals surface area contributed by atoms with E-state index in [-0.39, 0.29) is 0 Å². The van der Waals surface area contributed by atoms with Crippen LogP contribution >= 0.6 is 11.6 Å². The largest absolute Gasteiger partial charge is 0.371 e. The molecule has 0 N–H and O–H groups in total. The molecule has 0 aliphatic carbocycles. The average molecular weight is 410 g/mol. The van der Waals surface area contributed by atoms with Gasteiger partial charge in [0.25, 0.3) is 0 Å². The lowest BCUT2D eigenvalue weighted by Gasteiger charge is -2.31. The number of halogens is 1. The van der Waals surface area contributed by atoms with Gasteiger partial charge >= 0.3 is 0 Å². The number of benzene rings is 2. The number of hydrogen-bond donors (Lipinski definition) is 0. The highest BCUT2D eigenvalue weighted by atomic mass is 35.5. The molecule has 0 atom stereocenters. The van der Waals surface area contributed by atoms with Gasteiger partial charge in [-0.3, -0.25) is 0 Å². The quantitative estimate of drug-likeness (QED) is 0.624. The number of rotatable bonds is 5. The first-order chi connectivity index (χ1) is 14.3. The maximum atomic E-state index is 6.16. The molecule has 0 spiro atoms. The van der Waals surface area contributed by atoms with E-state index in [1.165, 1.54) is 106 Å². The third-order valence-electron chi connectivity index (χ3n) is 6.85. The minimum Gasteiger partial charge on any atom is -0.371 e. The molecule has 154 valence electrons. The molecular formula is C25H32ClN3. The van der Waals surface area contributed by atoms with Gasteiger partial charge < -0.3 is 14.7 Å².